The minimum absolute atomic E-state index is 0. The number of aromatic nitrogens is 2. The zero-order chi connectivity index (χ0) is 23.1. The van der Waals surface area contributed by atoms with Crippen molar-refractivity contribution in [2.45, 2.75) is 31.5 Å². The maximum Gasteiger partial charge on any atom is 0.308 e. The Bertz CT molecular complexity index is 1260. The normalized spacial score (nSPS) is 20.2. The molecule has 12 heteroatoms. The second kappa shape index (κ2) is 9.91. The van der Waals surface area contributed by atoms with E-state index in [1.54, 1.807) is 24.3 Å². The molecule has 2 amide bonds. The fraction of sp³-hybridized carbons (Fsp3) is 0.364. The summed E-state index contributed by atoms with van der Waals surface area (Å²) >= 11 is 7.40. The SMILES string of the molecule is CN1CCc2nc(C(=O)N[C@H]3COC(=O)C[C@H]3NC(=O)c3cc4cc(Cl)ccc4[nH]3)sc2C1.Cl. The standard InChI is InChI=1S/C22H22ClN5O4S.ClH/c1-28-5-4-14-18(9-28)33-22(27-14)21(31)26-17-10-32-19(29)8-15(17)25-20(30)16-7-11-6-12(23)2-3-13(11)24-16;/h2-3,6-7,15,17,24H,4-5,8-10H2,1H3,(H,25,30)(H,26,31);1H/t15-,17+;/m1./s1. The van der Waals surface area contributed by atoms with Crippen molar-refractivity contribution in [1.29, 1.82) is 0 Å². The number of cyclic esters (lactones) is 1. The molecule has 1 aromatic carbocycles. The number of H-pyrrole nitrogens is 1. The Morgan fingerprint density at radius 2 is 2.03 bits per heavy atom. The van der Waals surface area contributed by atoms with Gasteiger partial charge in [-0.05, 0) is 31.3 Å². The Morgan fingerprint density at radius 1 is 1.24 bits per heavy atom. The molecule has 3 aromatic rings. The molecule has 0 radical (unpaired) electrons. The number of ether oxygens (including phenoxy) is 1. The number of likely N-dealkylation sites (N-methyl/N-ethyl adjacent to an activating group) is 1. The summed E-state index contributed by atoms with van der Waals surface area (Å²) in [6, 6.07) is 5.80. The number of halogens is 2. The molecule has 9 nitrogen and oxygen atoms in total. The number of amides is 2. The van der Waals surface area contributed by atoms with Gasteiger partial charge in [0.15, 0.2) is 5.01 Å². The van der Waals surface area contributed by atoms with Gasteiger partial charge in [-0.3, -0.25) is 14.4 Å². The first-order valence-electron chi connectivity index (χ1n) is 10.6. The smallest absolute Gasteiger partial charge is 0.308 e. The topological polar surface area (TPSA) is 116 Å². The number of esters is 1. The first-order chi connectivity index (χ1) is 15.9. The van der Waals surface area contributed by atoms with E-state index in [9.17, 15) is 14.4 Å². The summed E-state index contributed by atoms with van der Waals surface area (Å²) in [5, 5.41) is 7.51. The van der Waals surface area contributed by atoms with Gasteiger partial charge in [-0.15, -0.1) is 23.7 Å². The summed E-state index contributed by atoms with van der Waals surface area (Å²) in [7, 11) is 2.04. The average Bonchev–Trinajstić information content (AvgIpc) is 3.39. The summed E-state index contributed by atoms with van der Waals surface area (Å²) in [6.45, 7) is 1.66. The van der Waals surface area contributed by atoms with E-state index in [0.29, 0.717) is 15.7 Å². The van der Waals surface area contributed by atoms with E-state index in [4.69, 9.17) is 16.3 Å². The molecule has 0 spiro atoms. The lowest BCUT2D eigenvalue weighted by Crippen LogP contribution is -2.57. The molecule has 180 valence electrons. The van der Waals surface area contributed by atoms with Crippen molar-refractivity contribution in [3.8, 4) is 0 Å². The van der Waals surface area contributed by atoms with Crippen molar-refractivity contribution in [3.63, 3.8) is 0 Å². The van der Waals surface area contributed by atoms with E-state index in [0.717, 1.165) is 41.0 Å². The Balaban J connectivity index is 0.00000274. The number of fused-ring (bicyclic) bond motifs is 2. The number of carbonyl (C=O) groups excluding carboxylic acids is 3. The van der Waals surface area contributed by atoms with Gasteiger partial charge in [0, 0.05) is 40.3 Å². The van der Waals surface area contributed by atoms with Gasteiger partial charge in [-0.1, -0.05) is 11.6 Å². The highest BCUT2D eigenvalue weighted by molar-refractivity contribution is 7.13. The third-order valence-corrected chi connectivity index (χ3v) is 7.19. The van der Waals surface area contributed by atoms with Gasteiger partial charge in [0.2, 0.25) is 0 Å². The molecular formula is C22H23Cl2N5O4S. The number of aromatic amines is 1. The Labute approximate surface area is 210 Å². The highest BCUT2D eigenvalue weighted by Gasteiger charge is 2.34. The third kappa shape index (κ3) is 5.05. The van der Waals surface area contributed by atoms with E-state index in [1.807, 2.05) is 7.05 Å². The molecule has 2 aromatic heterocycles. The van der Waals surface area contributed by atoms with Crippen molar-refractivity contribution in [1.82, 2.24) is 25.5 Å². The average molecular weight is 524 g/mol. The summed E-state index contributed by atoms with van der Waals surface area (Å²) in [4.78, 5) is 48.5. The molecule has 0 saturated carbocycles. The van der Waals surface area contributed by atoms with Crippen molar-refractivity contribution < 1.29 is 19.1 Å². The largest absolute Gasteiger partial charge is 0.463 e. The van der Waals surface area contributed by atoms with Gasteiger partial charge in [0.25, 0.3) is 11.8 Å². The van der Waals surface area contributed by atoms with Crippen LogP contribution in [0.2, 0.25) is 5.02 Å². The molecule has 1 fully saturated rings. The quantitative estimate of drug-likeness (QED) is 0.452. The Hall–Kier alpha value is -2.66. The van der Waals surface area contributed by atoms with Crippen LogP contribution in [0.4, 0.5) is 0 Å². The minimum atomic E-state index is -0.613. The van der Waals surface area contributed by atoms with Crippen LogP contribution < -0.4 is 10.6 Å². The predicted molar refractivity (Wildman–Crippen MR) is 131 cm³/mol. The lowest BCUT2D eigenvalue weighted by atomic mass is 10.0. The van der Waals surface area contributed by atoms with Gasteiger partial charge in [0.05, 0.1) is 24.2 Å². The molecule has 1 saturated heterocycles. The second-order valence-electron chi connectivity index (χ2n) is 8.34. The van der Waals surface area contributed by atoms with E-state index in [1.165, 1.54) is 11.3 Å². The maximum atomic E-state index is 12.9. The fourth-order valence-electron chi connectivity index (χ4n) is 4.10. The number of benzene rings is 1. The molecule has 2 atom stereocenters. The molecule has 2 aliphatic heterocycles. The summed E-state index contributed by atoms with van der Waals surface area (Å²) in [5.41, 5.74) is 2.07. The predicted octanol–water partition coefficient (Wildman–Crippen LogP) is 2.53. The molecule has 4 heterocycles. The number of nitrogens with zero attached hydrogens (tertiary/aromatic N) is 2. The van der Waals surface area contributed by atoms with Crippen molar-refractivity contribution in [2.75, 3.05) is 20.2 Å². The van der Waals surface area contributed by atoms with Crippen LogP contribution in [-0.4, -0.2) is 64.9 Å². The molecule has 0 aliphatic carbocycles. The molecule has 34 heavy (non-hydrogen) atoms. The highest BCUT2D eigenvalue weighted by atomic mass is 35.5. The third-order valence-electron chi connectivity index (χ3n) is 5.87. The molecule has 0 unspecified atom stereocenters. The zero-order valence-electron chi connectivity index (χ0n) is 18.2. The number of hydrogen-bond acceptors (Lipinski definition) is 7. The lowest BCUT2D eigenvalue weighted by molar-refractivity contribution is -0.149. The van der Waals surface area contributed by atoms with E-state index >= 15 is 0 Å². The summed E-state index contributed by atoms with van der Waals surface area (Å²) in [5.74, 6) is -1.14. The van der Waals surface area contributed by atoms with Gasteiger partial charge >= 0.3 is 5.97 Å². The maximum absolute atomic E-state index is 12.9. The van der Waals surface area contributed by atoms with Crippen LogP contribution in [0.15, 0.2) is 24.3 Å². The van der Waals surface area contributed by atoms with Gasteiger partial charge in [-0.2, -0.15) is 0 Å². The van der Waals surface area contributed by atoms with Crippen molar-refractivity contribution in [2.24, 2.45) is 0 Å². The molecule has 0 bridgehead atoms. The lowest BCUT2D eigenvalue weighted by Gasteiger charge is -2.31. The van der Waals surface area contributed by atoms with Crippen molar-refractivity contribution >= 4 is 64.0 Å². The van der Waals surface area contributed by atoms with Gasteiger partial charge in [-0.25, -0.2) is 4.98 Å². The van der Waals surface area contributed by atoms with Crippen LogP contribution in [0.1, 0.15) is 37.3 Å². The number of thiazole rings is 1. The molecular weight excluding hydrogens is 501 g/mol. The van der Waals surface area contributed by atoms with Crippen LogP contribution in [0.25, 0.3) is 10.9 Å². The Morgan fingerprint density at radius 3 is 2.85 bits per heavy atom. The first-order valence-corrected chi connectivity index (χ1v) is 11.8. The van der Waals surface area contributed by atoms with Crippen LogP contribution in [-0.2, 0) is 22.5 Å². The number of carbonyl (C=O) groups is 3. The molecule has 5 rings (SSSR count). The second-order valence-corrected chi connectivity index (χ2v) is 9.86. The van der Waals surface area contributed by atoms with Crippen molar-refractivity contribution in [3.05, 3.63) is 50.6 Å². The molecule has 2 aliphatic rings. The summed E-state index contributed by atoms with van der Waals surface area (Å²) < 4.78 is 5.15. The van der Waals surface area contributed by atoms with Crippen LogP contribution >= 0.6 is 35.3 Å². The van der Waals surface area contributed by atoms with Gasteiger partial charge in [0.1, 0.15) is 12.3 Å². The monoisotopic (exact) mass is 523 g/mol. The van der Waals surface area contributed by atoms with Crippen LogP contribution in [0.3, 0.4) is 0 Å². The van der Waals surface area contributed by atoms with E-state index in [-0.39, 0.29) is 37.2 Å². The fourth-order valence-corrected chi connectivity index (χ4v) is 5.37. The van der Waals surface area contributed by atoms with E-state index < -0.39 is 18.1 Å². The highest BCUT2D eigenvalue weighted by Crippen LogP contribution is 2.25. The number of nitrogens with one attached hydrogen (secondary N) is 3. The van der Waals surface area contributed by atoms with Crippen LogP contribution in [0, 0.1) is 0 Å². The molecule has 3 N–H and O–H groups in total. The van der Waals surface area contributed by atoms with E-state index in [2.05, 4.69) is 25.5 Å². The minimum Gasteiger partial charge on any atom is -0.463 e. The number of hydrogen-bond donors (Lipinski definition) is 3. The first kappa shape index (κ1) is 24.5. The zero-order valence-corrected chi connectivity index (χ0v) is 20.6. The number of rotatable bonds is 4. The van der Waals surface area contributed by atoms with Gasteiger partial charge < -0.3 is 25.3 Å². The Kier molecular flexibility index (Phi) is 7.13. The van der Waals surface area contributed by atoms with Crippen LogP contribution in [0.5, 0.6) is 0 Å². The summed E-state index contributed by atoms with van der Waals surface area (Å²) in [6.07, 6.45) is 0.771.